The minimum Gasteiger partial charge on any atom is -0.356 e. The maximum absolute atomic E-state index is 12.9. The van der Waals surface area contributed by atoms with Crippen LogP contribution in [-0.2, 0) is 16.0 Å². The number of fused-ring (bicyclic) bond motifs is 1. The summed E-state index contributed by atoms with van der Waals surface area (Å²) in [6.45, 7) is 7.64. The molecule has 1 aliphatic carbocycles. The third-order valence-corrected chi connectivity index (χ3v) is 6.69. The quantitative estimate of drug-likeness (QED) is 0.758. The average Bonchev–Trinajstić information content (AvgIpc) is 3.31. The molecule has 7 heteroatoms. The van der Waals surface area contributed by atoms with Crippen LogP contribution in [0.15, 0.2) is 6.07 Å². The molecule has 3 heterocycles. The Morgan fingerprint density at radius 1 is 1.20 bits per heavy atom. The normalized spacial score (nSPS) is 19.3. The van der Waals surface area contributed by atoms with Crippen molar-refractivity contribution in [1.29, 1.82) is 0 Å². The van der Waals surface area contributed by atoms with Gasteiger partial charge in [0.1, 0.15) is 0 Å². The van der Waals surface area contributed by atoms with E-state index >= 15 is 0 Å². The van der Waals surface area contributed by atoms with Crippen molar-refractivity contribution < 1.29 is 9.59 Å². The first-order valence-corrected chi connectivity index (χ1v) is 11.4. The van der Waals surface area contributed by atoms with E-state index in [-0.39, 0.29) is 17.9 Å². The smallest absolute Gasteiger partial charge is 0.226 e. The summed E-state index contributed by atoms with van der Waals surface area (Å²) in [6, 6.07) is 2.09. The van der Waals surface area contributed by atoms with Gasteiger partial charge in [-0.3, -0.25) is 9.59 Å². The van der Waals surface area contributed by atoms with Gasteiger partial charge < -0.3 is 10.2 Å². The summed E-state index contributed by atoms with van der Waals surface area (Å²) in [6.07, 6.45) is 7.27. The predicted molar refractivity (Wildman–Crippen MR) is 115 cm³/mol. The van der Waals surface area contributed by atoms with Crippen molar-refractivity contribution in [3.05, 3.63) is 28.7 Å². The number of aryl methyl sites for hydroxylation is 2. The molecular weight excluding hydrogens is 378 g/mol. The SMILES string of the molecule is CCCNC(=O)CCc1c(C)nc2cc([C@H]3CCCN3C(=O)C3CCC3)nn2c1C. The Labute approximate surface area is 178 Å². The van der Waals surface area contributed by atoms with Gasteiger partial charge in [0.2, 0.25) is 11.8 Å². The second-order valence-electron chi connectivity index (χ2n) is 8.77. The number of nitrogens with one attached hydrogen (secondary N) is 1. The molecule has 1 atom stereocenters. The fraction of sp³-hybridized carbons (Fsp3) is 0.652. The largest absolute Gasteiger partial charge is 0.356 e. The van der Waals surface area contributed by atoms with E-state index in [0.29, 0.717) is 25.3 Å². The number of likely N-dealkylation sites (tertiary alicyclic amines) is 1. The molecule has 4 rings (SSSR count). The molecule has 2 aromatic rings. The number of amides is 2. The fourth-order valence-corrected chi connectivity index (χ4v) is 4.69. The minimum atomic E-state index is 0.0581. The van der Waals surface area contributed by atoms with Crippen molar-refractivity contribution in [2.45, 2.75) is 78.2 Å². The van der Waals surface area contributed by atoms with Crippen LogP contribution in [0.5, 0.6) is 0 Å². The zero-order chi connectivity index (χ0) is 21.3. The standard InChI is InChI=1S/C23H33N5O2/c1-4-12-24-22(29)11-10-18-15(2)25-21-14-19(26-28(21)16(18)3)20-9-6-13-27(20)23(30)17-7-5-8-17/h14,17,20H,4-13H2,1-3H3,(H,24,29)/t20-/m1/s1. The molecule has 2 aromatic heterocycles. The molecule has 2 fully saturated rings. The molecule has 0 radical (unpaired) electrons. The summed E-state index contributed by atoms with van der Waals surface area (Å²) in [5.41, 5.74) is 4.82. The maximum atomic E-state index is 12.9. The Hall–Kier alpha value is -2.44. The molecule has 2 aliphatic rings. The lowest BCUT2D eigenvalue weighted by atomic mass is 9.84. The third-order valence-electron chi connectivity index (χ3n) is 6.69. The maximum Gasteiger partial charge on any atom is 0.226 e. The molecule has 2 amide bonds. The van der Waals surface area contributed by atoms with Gasteiger partial charge in [0, 0.05) is 42.9 Å². The molecule has 0 aromatic carbocycles. The number of carbonyl (C=O) groups excluding carboxylic acids is 2. The lowest BCUT2D eigenvalue weighted by Gasteiger charge is -2.32. The van der Waals surface area contributed by atoms with E-state index in [9.17, 15) is 9.59 Å². The van der Waals surface area contributed by atoms with E-state index in [1.165, 1.54) is 6.42 Å². The summed E-state index contributed by atoms with van der Waals surface area (Å²) in [5.74, 6) is 0.601. The monoisotopic (exact) mass is 411 g/mol. The number of nitrogens with zero attached hydrogens (tertiary/aromatic N) is 4. The summed E-state index contributed by atoms with van der Waals surface area (Å²) < 4.78 is 1.89. The highest BCUT2D eigenvalue weighted by Crippen LogP contribution is 2.37. The highest BCUT2D eigenvalue weighted by molar-refractivity contribution is 5.80. The molecular formula is C23H33N5O2. The number of carbonyl (C=O) groups is 2. The first-order valence-electron chi connectivity index (χ1n) is 11.4. The van der Waals surface area contributed by atoms with Crippen LogP contribution in [0.25, 0.3) is 5.65 Å². The van der Waals surface area contributed by atoms with Gasteiger partial charge in [-0.25, -0.2) is 9.50 Å². The Bertz CT molecular complexity index is 947. The van der Waals surface area contributed by atoms with Crippen LogP contribution in [0.1, 0.15) is 80.6 Å². The van der Waals surface area contributed by atoms with Gasteiger partial charge in [0.25, 0.3) is 0 Å². The van der Waals surface area contributed by atoms with Gasteiger partial charge in [0.05, 0.1) is 11.7 Å². The second kappa shape index (κ2) is 8.74. The zero-order valence-electron chi connectivity index (χ0n) is 18.4. The molecule has 0 bridgehead atoms. The van der Waals surface area contributed by atoms with Crippen LogP contribution in [-0.4, -0.2) is 44.4 Å². The van der Waals surface area contributed by atoms with Gasteiger partial charge in [-0.1, -0.05) is 13.3 Å². The van der Waals surface area contributed by atoms with Crippen LogP contribution < -0.4 is 5.32 Å². The van der Waals surface area contributed by atoms with Crippen molar-refractivity contribution >= 4 is 17.5 Å². The average molecular weight is 412 g/mol. The first kappa shape index (κ1) is 20.8. The number of rotatable bonds is 7. The Morgan fingerprint density at radius 3 is 2.70 bits per heavy atom. The fourth-order valence-electron chi connectivity index (χ4n) is 4.69. The van der Waals surface area contributed by atoms with E-state index in [1.807, 2.05) is 36.3 Å². The molecule has 0 unspecified atom stereocenters. The summed E-state index contributed by atoms with van der Waals surface area (Å²) >= 11 is 0. The van der Waals surface area contributed by atoms with Gasteiger partial charge in [-0.15, -0.1) is 0 Å². The van der Waals surface area contributed by atoms with E-state index in [1.54, 1.807) is 0 Å². The minimum absolute atomic E-state index is 0.0581. The highest BCUT2D eigenvalue weighted by atomic mass is 16.2. The van der Waals surface area contributed by atoms with E-state index in [0.717, 1.165) is 66.9 Å². The van der Waals surface area contributed by atoms with E-state index in [4.69, 9.17) is 10.1 Å². The summed E-state index contributed by atoms with van der Waals surface area (Å²) in [7, 11) is 0. The number of hydrogen-bond donors (Lipinski definition) is 1. The van der Waals surface area contributed by atoms with Gasteiger partial charge in [-0.2, -0.15) is 5.10 Å². The van der Waals surface area contributed by atoms with E-state index < -0.39 is 0 Å². The zero-order valence-corrected chi connectivity index (χ0v) is 18.4. The molecule has 162 valence electrons. The molecule has 0 spiro atoms. The van der Waals surface area contributed by atoms with Crippen molar-refractivity contribution in [2.75, 3.05) is 13.1 Å². The molecule has 7 nitrogen and oxygen atoms in total. The van der Waals surface area contributed by atoms with Crippen LogP contribution in [0.3, 0.4) is 0 Å². The number of aromatic nitrogens is 3. The van der Waals surface area contributed by atoms with Gasteiger partial charge >= 0.3 is 0 Å². The Balaban J connectivity index is 1.56. The molecule has 1 N–H and O–H groups in total. The van der Waals surface area contributed by atoms with Crippen molar-refractivity contribution in [2.24, 2.45) is 5.92 Å². The Morgan fingerprint density at radius 2 is 2.00 bits per heavy atom. The van der Waals surface area contributed by atoms with Gasteiger partial charge in [0.15, 0.2) is 5.65 Å². The molecule has 1 aliphatic heterocycles. The van der Waals surface area contributed by atoms with Crippen LogP contribution in [0.2, 0.25) is 0 Å². The summed E-state index contributed by atoms with van der Waals surface area (Å²) in [4.78, 5) is 31.7. The van der Waals surface area contributed by atoms with Crippen LogP contribution >= 0.6 is 0 Å². The predicted octanol–water partition coefficient (Wildman–Crippen LogP) is 3.27. The highest BCUT2D eigenvalue weighted by Gasteiger charge is 2.37. The topological polar surface area (TPSA) is 79.6 Å². The molecule has 1 saturated carbocycles. The molecule has 1 saturated heterocycles. The second-order valence-corrected chi connectivity index (χ2v) is 8.77. The van der Waals surface area contributed by atoms with E-state index in [2.05, 4.69) is 5.32 Å². The van der Waals surface area contributed by atoms with Crippen LogP contribution in [0, 0.1) is 19.8 Å². The van der Waals surface area contributed by atoms with Crippen molar-refractivity contribution in [3.8, 4) is 0 Å². The lowest BCUT2D eigenvalue weighted by Crippen LogP contribution is -2.38. The molecule has 30 heavy (non-hydrogen) atoms. The van der Waals surface area contributed by atoms with Crippen LogP contribution in [0.4, 0.5) is 0 Å². The number of hydrogen-bond acceptors (Lipinski definition) is 4. The lowest BCUT2D eigenvalue weighted by molar-refractivity contribution is -0.139. The summed E-state index contributed by atoms with van der Waals surface area (Å²) in [5, 5.41) is 7.80. The van der Waals surface area contributed by atoms with Crippen molar-refractivity contribution in [1.82, 2.24) is 24.8 Å². The Kier molecular flexibility index (Phi) is 6.06. The first-order chi connectivity index (χ1) is 14.5. The van der Waals surface area contributed by atoms with Gasteiger partial charge in [-0.05, 0) is 57.9 Å². The third kappa shape index (κ3) is 3.94. The van der Waals surface area contributed by atoms with Crippen molar-refractivity contribution in [3.63, 3.8) is 0 Å².